The molecule has 1 saturated carbocycles. The molecule has 0 spiro atoms. The molecule has 2 nitrogen and oxygen atoms in total. The standard InChI is InChI=1S/C15H26O2/c1-4-5-6-7-8-12(3)15(17)14-11(2)9-10-13(14)16/h6-7,11-12,14-15,17H,4-5,8-10H2,1-3H3/b7-6+/t11?,12-,14-,15?/m1/s1/i1D3. The van der Waals surface area contributed by atoms with Gasteiger partial charge in [-0.3, -0.25) is 4.79 Å². The molecule has 0 saturated heterocycles. The maximum Gasteiger partial charge on any atom is 0.138 e. The van der Waals surface area contributed by atoms with Gasteiger partial charge in [-0.25, -0.2) is 0 Å². The van der Waals surface area contributed by atoms with Crippen molar-refractivity contribution >= 4 is 5.78 Å². The molecular formula is C15H26O2. The van der Waals surface area contributed by atoms with Crippen LogP contribution in [0.4, 0.5) is 0 Å². The Morgan fingerprint density at radius 2 is 2.35 bits per heavy atom. The van der Waals surface area contributed by atoms with Gasteiger partial charge in [-0.1, -0.05) is 39.3 Å². The fourth-order valence-electron chi connectivity index (χ4n) is 2.57. The van der Waals surface area contributed by atoms with Crippen LogP contribution in [0.3, 0.4) is 0 Å². The summed E-state index contributed by atoms with van der Waals surface area (Å²) in [6.07, 6.45) is 6.03. The minimum Gasteiger partial charge on any atom is -0.392 e. The van der Waals surface area contributed by atoms with E-state index in [9.17, 15) is 9.90 Å². The van der Waals surface area contributed by atoms with Crippen molar-refractivity contribution in [1.29, 1.82) is 0 Å². The van der Waals surface area contributed by atoms with Crippen LogP contribution in [0.25, 0.3) is 0 Å². The summed E-state index contributed by atoms with van der Waals surface area (Å²) in [5, 5.41) is 10.3. The Bertz CT molecular complexity index is 350. The number of aliphatic hydroxyl groups is 1. The zero-order valence-corrected chi connectivity index (χ0v) is 10.9. The molecule has 98 valence electrons. The van der Waals surface area contributed by atoms with E-state index in [2.05, 4.69) is 0 Å². The third-order valence-electron chi connectivity index (χ3n) is 3.77. The number of ketones is 1. The van der Waals surface area contributed by atoms with E-state index in [1.165, 1.54) is 0 Å². The Balaban J connectivity index is 2.37. The Kier molecular flexibility index (Phi) is 4.21. The first kappa shape index (κ1) is 10.3. The maximum absolute atomic E-state index is 11.8. The fourth-order valence-corrected chi connectivity index (χ4v) is 2.57. The molecule has 4 atom stereocenters. The molecule has 0 radical (unpaired) electrons. The zero-order valence-electron chi connectivity index (χ0n) is 13.9. The molecule has 1 aliphatic rings. The maximum atomic E-state index is 11.8. The van der Waals surface area contributed by atoms with Gasteiger partial charge in [0, 0.05) is 16.5 Å². The molecule has 0 aromatic heterocycles. The number of aliphatic hydroxyl groups excluding tert-OH is 1. The molecular weight excluding hydrogens is 212 g/mol. The monoisotopic (exact) mass is 241 g/mol. The van der Waals surface area contributed by atoms with Gasteiger partial charge in [-0.05, 0) is 31.1 Å². The third kappa shape index (κ3) is 3.95. The molecule has 0 amide bonds. The first-order chi connectivity index (χ1) is 9.22. The van der Waals surface area contributed by atoms with E-state index in [1.807, 2.05) is 26.0 Å². The van der Waals surface area contributed by atoms with Crippen molar-refractivity contribution in [3.05, 3.63) is 12.2 Å². The van der Waals surface area contributed by atoms with Gasteiger partial charge < -0.3 is 5.11 Å². The average Bonchev–Trinajstić information content (AvgIpc) is 2.66. The lowest BCUT2D eigenvalue weighted by atomic mass is 9.83. The van der Waals surface area contributed by atoms with E-state index >= 15 is 0 Å². The molecule has 0 aromatic carbocycles. The highest BCUT2D eigenvalue weighted by atomic mass is 16.3. The molecule has 0 aliphatic heterocycles. The minimum atomic E-state index is -1.87. The van der Waals surface area contributed by atoms with Gasteiger partial charge in [0.15, 0.2) is 0 Å². The lowest BCUT2D eigenvalue weighted by Crippen LogP contribution is -2.33. The lowest BCUT2D eigenvalue weighted by Gasteiger charge is -2.25. The number of carbonyl (C=O) groups excluding carboxylic acids is 1. The predicted molar refractivity (Wildman–Crippen MR) is 70.7 cm³/mol. The second-order valence-corrected chi connectivity index (χ2v) is 5.22. The van der Waals surface area contributed by atoms with E-state index in [4.69, 9.17) is 4.11 Å². The normalized spacial score (nSPS) is 32.2. The molecule has 1 N–H and O–H groups in total. The lowest BCUT2D eigenvalue weighted by molar-refractivity contribution is -0.125. The van der Waals surface area contributed by atoms with Crippen LogP contribution in [0, 0.1) is 17.8 Å². The SMILES string of the molecule is [2H]C([2H])([2H])CC/C=C/C[C@@H](C)C(O)[C@H]1C(=O)CCC1C. The molecule has 1 fully saturated rings. The van der Waals surface area contributed by atoms with Gasteiger partial charge in [0.05, 0.1) is 6.10 Å². The zero-order chi connectivity index (χ0) is 15.3. The van der Waals surface area contributed by atoms with Crippen LogP contribution in [0.1, 0.15) is 56.9 Å². The average molecular weight is 241 g/mol. The highest BCUT2D eigenvalue weighted by Crippen LogP contribution is 2.34. The first-order valence-electron chi connectivity index (χ1n) is 8.08. The van der Waals surface area contributed by atoms with Gasteiger partial charge in [0.2, 0.25) is 0 Å². The third-order valence-corrected chi connectivity index (χ3v) is 3.77. The highest BCUT2D eigenvalue weighted by molar-refractivity contribution is 5.83. The van der Waals surface area contributed by atoms with Crippen LogP contribution < -0.4 is 0 Å². The Hall–Kier alpha value is -0.630. The summed E-state index contributed by atoms with van der Waals surface area (Å²) in [7, 11) is 0. The highest BCUT2D eigenvalue weighted by Gasteiger charge is 2.38. The van der Waals surface area contributed by atoms with E-state index in [1.54, 1.807) is 0 Å². The number of carbonyl (C=O) groups is 1. The van der Waals surface area contributed by atoms with E-state index in [0.29, 0.717) is 19.3 Å². The summed E-state index contributed by atoms with van der Waals surface area (Å²) < 4.78 is 21.3. The quantitative estimate of drug-likeness (QED) is 0.724. The molecule has 2 unspecified atom stereocenters. The Morgan fingerprint density at radius 1 is 1.59 bits per heavy atom. The van der Waals surface area contributed by atoms with Crippen LogP contribution >= 0.6 is 0 Å². The van der Waals surface area contributed by atoms with Gasteiger partial charge in [0.1, 0.15) is 5.78 Å². The van der Waals surface area contributed by atoms with Gasteiger partial charge in [-0.2, -0.15) is 0 Å². The van der Waals surface area contributed by atoms with Crippen LogP contribution in [0.15, 0.2) is 12.2 Å². The van der Waals surface area contributed by atoms with Crippen molar-refractivity contribution < 1.29 is 14.0 Å². The summed E-state index contributed by atoms with van der Waals surface area (Å²) in [5.74, 6) is 0.247. The van der Waals surface area contributed by atoms with Gasteiger partial charge in [0.25, 0.3) is 0 Å². The largest absolute Gasteiger partial charge is 0.392 e. The topological polar surface area (TPSA) is 37.3 Å². The predicted octanol–water partition coefficient (Wildman–Crippen LogP) is 3.35. The molecule has 0 bridgehead atoms. The summed E-state index contributed by atoms with van der Waals surface area (Å²) in [6.45, 7) is 2.09. The van der Waals surface area contributed by atoms with Crippen molar-refractivity contribution in [3.63, 3.8) is 0 Å². The van der Waals surface area contributed by atoms with Crippen LogP contribution in [0.2, 0.25) is 0 Å². The second-order valence-electron chi connectivity index (χ2n) is 5.22. The van der Waals surface area contributed by atoms with Crippen molar-refractivity contribution in [3.8, 4) is 0 Å². The van der Waals surface area contributed by atoms with Crippen LogP contribution in [-0.4, -0.2) is 17.0 Å². The number of allylic oxidation sites excluding steroid dienone is 2. The van der Waals surface area contributed by atoms with E-state index in [-0.39, 0.29) is 30.0 Å². The Morgan fingerprint density at radius 3 is 2.94 bits per heavy atom. The second kappa shape index (κ2) is 6.95. The van der Waals surface area contributed by atoms with Crippen molar-refractivity contribution in [2.75, 3.05) is 0 Å². The Labute approximate surface area is 109 Å². The van der Waals surface area contributed by atoms with Crippen molar-refractivity contribution in [2.24, 2.45) is 17.8 Å². The molecule has 17 heavy (non-hydrogen) atoms. The van der Waals surface area contributed by atoms with Gasteiger partial charge in [-0.15, -0.1) is 0 Å². The van der Waals surface area contributed by atoms with Crippen LogP contribution in [0.5, 0.6) is 0 Å². The number of hydrogen-bond acceptors (Lipinski definition) is 2. The van der Waals surface area contributed by atoms with E-state index < -0.39 is 13.0 Å². The summed E-state index contributed by atoms with van der Waals surface area (Å²) >= 11 is 0. The molecule has 2 heteroatoms. The molecule has 1 rings (SSSR count). The summed E-state index contributed by atoms with van der Waals surface area (Å²) in [4.78, 5) is 11.8. The molecule has 1 aliphatic carbocycles. The van der Waals surface area contributed by atoms with Gasteiger partial charge >= 0.3 is 0 Å². The number of Topliss-reactive ketones (excluding diaryl/α,β-unsaturated/α-hetero) is 1. The minimum absolute atomic E-state index is 0.0218. The van der Waals surface area contributed by atoms with E-state index in [0.717, 1.165) is 6.42 Å². The molecule has 0 heterocycles. The first-order valence-corrected chi connectivity index (χ1v) is 6.58. The summed E-state index contributed by atoms with van der Waals surface area (Å²) in [6, 6.07) is 0. The smallest absolute Gasteiger partial charge is 0.138 e. The number of hydrogen-bond donors (Lipinski definition) is 1. The van der Waals surface area contributed by atoms with Crippen LogP contribution in [-0.2, 0) is 4.79 Å². The summed E-state index contributed by atoms with van der Waals surface area (Å²) in [5.41, 5.74) is 0. The molecule has 0 aromatic rings. The van der Waals surface area contributed by atoms with Crippen molar-refractivity contribution in [2.45, 2.75) is 58.9 Å². The number of rotatable bonds is 6. The fraction of sp³-hybridized carbons (Fsp3) is 0.800. The van der Waals surface area contributed by atoms with Crippen molar-refractivity contribution in [1.82, 2.24) is 0 Å².